The van der Waals surface area contributed by atoms with Crippen molar-refractivity contribution in [1.82, 2.24) is 4.98 Å². The van der Waals surface area contributed by atoms with Gasteiger partial charge in [-0.1, -0.05) is 41.9 Å². The number of aryl methyl sites for hydroxylation is 1. The Hall–Kier alpha value is -1.94. The molecule has 3 aromatic rings. The lowest BCUT2D eigenvalue weighted by Gasteiger charge is -2.16. The number of nitrogens with one attached hydrogen (secondary N) is 1. The van der Waals surface area contributed by atoms with Gasteiger partial charge in [-0.2, -0.15) is 0 Å². The minimum Gasteiger partial charge on any atom is -0.322 e. The maximum absolute atomic E-state index is 13.3. The first-order valence-corrected chi connectivity index (χ1v) is 8.29. The van der Waals surface area contributed by atoms with Crippen LogP contribution in [0, 0.1) is 12.7 Å². The fourth-order valence-corrected chi connectivity index (χ4v) is 3.26. The molecule has 1 N–H and O–H groups in total. The molecule has 4 heteroatoms. The van der Waals surface area contributed by atoms with E-state index in [0.29, 0.717) is 0 Å². The van der Waals surface area contributed by atoms with Gasteiger partial charge >= 0.3 is 0 Å². The molecule has 23 heavy (non-hydrogen) atoms. The molecule has 0 aliphatic carbocycles. The van der Waals surface area contributed by atoms with Crippen LogP contribution in [-0.2, 0) is 0 Å². The van der Waals surface area contributed by atoms with Gasteiger partial charge in [-0.05, 0) is 53.8 Å². The van der Waals surface area contributed by atoms with Crippen molar-refractivity contribution in [2.24, 2.45) is 0 Å². The molecular weight excluding hydrogens is 357 g/mol. The summed E-state index contributed by atoms with van der Waals surface area (Å²) in [6.07, 6.45) is 0. The van der Waals surface area contributed by atoms with Crippen LogP contribution in [0.1, 0.15) is 30.9 Å². The Morgan fingerprint density at radius 2 is 1.78 bits per heavy atom. The summed E-state index contributed by atoms with van der Waals surface area (Å²) in [7, 11) is 0. The van der Waals surface area contributed by atoms with Crippen molar-refractivity contribution < 1.29 is 4.39 Å². The summed E-state index contributed by atoms with van der Waals surface area (Å²) in [4.78, 5) is 15.6. The first-order chi connectivity index (χ1) is 10.9. The second-order valence-corrected chi connectivity index (χ2v) is 6.91. The molecule has 3 rings (SSSR count). The molecule has 118 valence electrons. The molecule has 0 atom stereocenters. The number of halogens is 2. The molecule has 1 aromatic heterocycles. The van der Waals surface area contributed by atoms with E-state index in [9.17, 15) is 9.18 Å². The van der Waals surface area contributed by atoms with Crippen LogP contribution in [0.25, 0.3) is 22.0 Å². The normalized spacial score (nSPS) is 11.4. The zero-order valence-corrected chi connectivity index (χ0v) is 14.8. The molecule has 0 spiro atoms. The maximum Gasteiger partial charge on any atom is 0.252 e. The molecule has 0 saturated carbocycles. The average Bonchev–Trinajstić information content (AvgIpc) is 2.48. The van der Waals surface area contributed by atoms with Crippen molar-refractivity contribution in [2.45, 2.75) is 26.7 Å². The Bertz CT molecular complexity index is 942. The maximum atomic E-state index is 13.3. The van der Waals surface area contributed by atoms with Crippen molar-refractivity contribution in [3.63, 3.8) is 0 Å². The van der Waals surface area contributed by atoms with Gasteiger partial charge in [0, 0.05) is 15.4 Å². The zero-order valence-electron chi connectivity index (χ0n) is 13.2. The molecular formula is C19H17BrFNO. The highest BCUT2D eigenvalue weighted by Crippen LogP contribution is 2.35. The van der Waals surface area contributed by atoms with Gasteiger partial charge in [-0.25, -0.2) is 4.39 Å². The molecule has 0 bridgehead atoms. The Morgan fingerprint density at radius 1 is 1.13 bits per heavy atom. The van der Waals surface area contributed by atoms with E-state index in [2.05, 4.69) is 27.0 Å². The number of aromatic nitrogens is 1. The van der Waals surface area contributed by atoms with Crippen LogP contribution in [0.2, 0.25) is 0 Å². The monoisotopic (exact) mass is 373 g/mol. The molecule has 0 aliphatic heterocycles. The molecule has 0 saturated heterocycles. The fourth-order valence-electron chi connectivity index (χ4n) is 2.92. The van der Waals surface area contributed by atoms with Crippen molar-refractivity contribution in [3.8, 4) is 11.1 Å². The van der Waals surface area contributed by atoms with Gasteiger partial charge in [-0.3, -0.25) is 4.79 Å². The number of pyridine rings is 1. The highest BCUT2D eigenvalue weighted by molar-refractivity contribution is 9.10. The first kappa shape index (κ1) is 15.9. The Labute approximate surface area is 142 Å². The first-order valence-electron chi connectivity index (χ1n) is 7.50. The predicted octanol–water partition coefficient (Wildman–Crippen LogP) is 5.53. The number of fused-ring (bicyclic) bond motifs is 1. The Morgan fingerprint density at radius 3 is 2.39 bits per heavy atom. The highest BCUT2D eigenvalue weighted by atomic mass is 79.9. The van der Waals surface area contributed by atoms with E-state index in [4.69, 9.17) is 0 Å². The van der Waals surface area contributed by atoms with Crippen LogP contribution < -0.4 is 5.56 Å². The molecule has 0 unspecified atom stereocenters. The third-order valence-corrected chi connectivity index (χ3v) is 4.89. The molecule has 0 amide bonds. The van der Waals surface area contributed by atoms with Gasteiger partial charge in [0.1, 0.15) is 5.82 Å². The van der Waals surface area contributed by atoms with Crippen LogP contribution in [0.3, 0.4) is 0 Å². The smallest absolute Gasteiger partial charge is 0.252 e. The summed E-state index contributed by atoms with van der Waals surface area (Å²) < 4.78 is 14.2. The standard InChI is InChI=1S/C19H17BrFNO/c1-10(2)17-18(12-4-6-13(21)7-5-12)14-8-11(3)15(20)9-16(14)22-19(17)23/h4-10H,1-3H3,(H,22,23). The van der Waals surface area contributed by atoms with Crippen LogP contribution in [-0.4, -0.2) is 4.98 Å². The minimum atomic E-state index is -0.284. The van der Waals surface area contributed by atoms with Crippen LogP contribution in [0.15, 0.2) is 45.7 Å². The molecule has 2 aromatic carbocycles. The summed E-state index contributed by atoms with van der Waals surface area (Å²) >= 11 is 3.51. The van der Waals surface area contributed by atoms with Crippen molar-refractivity contribution >= 4 is 26.8 Å². The Balaban J connectivity index is 2.48. The van der Waals surface area contributed by atoms with E-state index in [0.717, 1.165) is 37.6 Å². The summed E-state index contributed by atoms with van der Waals surface area (Å²) in [5.74, 6) is -0.222. The van der Waals surface area contributed by atoms with Gasteiger partial charge in [0.25, 0.3) is 5.56 Å². The summed E-state index contributed by atoms with van der Waals surface area (Å²) in [5.41, 5.74) is 4.23. The highest BCUT2D eigenvalue weighted by Gasteiger charge is 2.18. The fraction of sp³-hybridized carbons (Fsp3) is 0.211. The van der Waals surface area contributed by atoms with Crippen LogP contribution >= 0.6 is 15.9 Å². The van der Waals surface area contributed by atoms with E-state index < -0.39 is 0 Å². The molecule has 0 fully saturated rings. The number of hydrogen-bond donors (Lipinski definition) is 1. The van der Waals surface area contributed by atoms with Crippen LogP contribution in [0.5, 0.6) is 0 Å². The minimum absolute atomic E-state index is 0.0622. The Kier molecular flexibility index (Phi) is 4.11. The second-order valence-electron chi connectivity index (χ2n) is 6.05. The number of H-pyrrole nitrogens is 1. The molecule has 0 aliphatic rings. The number of benzene rings is 2. The SMILES string of the molecule is Cc1cc2c(-c3ccc(F)cc3)c(C(C)C)c(=O)[nH]c2cc1Br. The third kappa shape index (κ3) is 2.83. The summed E-state index contributed by atoms with van der Waals surface area (Å²) in [5, 5.41) is 0.973. The lowest BCUT2D eigenvalue weighted by molar-refractivity contribution is 0.628. The van der Waals surface area contributed by atoms with Gasteiger partial charge in [-0.15, -0.1) is 0 Å². The largest absolute Gasteiger partial charge is 0.322 e. The second kappa shape index (κ2) is 5.93. The number of hydrogen-bond acceptors (Lipinski definition) is 1. The van der Waals surface area contributed by atoms with E-state index >= 15 is 0 Å². The van der Waals surface area contributed by atoms with Gasteiger partial charge in [0.15, 0.2) is 0 Å². The predicted molar refractivity (Wildman–Crippen MR) is 96.5 cm³/mol. The topological polar surface area (TPSA) is 32.9 Å². The lowest BCUT2D eigenvalue weighted by atomic mass is 9.90. The van der Waals surface area contributed by atoms with Gasteiger partial charge in [0.05, 0.1) is 5.52 Å². The third-order valence-electron chi connectivity index (χ3n) is 4.04. The zero-order chi connectivity index (χ0) is 16.7. The van der Waals surface area contributed by atoms with Crippen molar-refractivity contribution in [2.75, 3.05) is 0 Å². The van der Waals surface area contributed by atoms with Crippen molar-refractivity contribution in [1.29, 1.82) is 0 Å². The van der Waals surface area contributed by atoms with Crippen molar-refractivity contribution in [3.05, 3.63) is 68.2 Å². The summed E-state index contributed by atoms with van der Waals surface area (Å²) in [6.45, 7) is 6.00. The number of aromatic amines is 1. The van der Waals surface area contributed by atoms with E-state index in [1.807, 2.05) is 26.8 Å². The molecule has 2 nitrogen and oxygen atoms in total. The van der Waals surface area contributed by atoms with E-state index in [1.165, 1.54) is 12.1 Å². The quantitative estimate of drug-likeness (QED) is 0.629. The summed E-state index contributed by atoms with van der Waals surface area (Å²) in [6, 6.07) is 10.3. The van der Waals surface area contributed by atoms with Gasteiger partial charge in [0.2, 0.25) is 0 Å². The van der Waals surface area contributed by atoms with E-state index in [-0.39, 0.29) is 17.3 Å². The van der Waals surface area contributed by atoms with Crippen LogP contribution in [0.4, 0.5) is 4.39 Å². The average molecular weight is 374 g/mol. The number of rotatable bonds is 2. The molecule has 0 radical (unpaired) electrons. The molecule has 1 heterocycles. The lowest BCUT2D eigenvalue weighted by Crippen LogP contribution is -2.16. The van der Waals surface area contributed by atoms with Gasteiger partial charge < -0.3 is 4.98 Å². The van der Waals surface area contributed by atoms with E-state index in [1.54, 1.807) is 12.1 Å².